The van der Waals surface area contributed by atoms with Crippen LogP contribution in [-0.2, 0) is 0 Å². The van der Waals surface area contributed by atoms with Crippen LogP contribution >= 0.6 is 0 Å². The molecule has 1 heterocycles. The lowest BCUT2D eigenvalue weighted by Gasteiger charge is -2.33. The third-order valence-electron chi connectivity index (χ3n) is 3.31. The Bertz CT molecular complexity index is 320. The van der Waals surface area contributed by atoms with E-state index in [4.69, 9.17) is 0 Å². The summed E-state index contributed by atoms with van der Waals surface area (Å²) in [7, 11) is 0. The average molecular weight is 201 g/mol. The summed E-state index contributed by atoms with van der Waals surface area (Å²) in [4.78, 5) is 2.39. The molecular formula is C14H19N. The van der Waals surface area contributed by atoms with Crippen LogP contribution in [0.5, 0.6) is 0 Å². The SMILES string of the molecule is C=C(C)N1CCC(c2ccccc2)CC1. The van der Waals surface area contributed by atoms with Crippen LogP contribution in [0.2, 0.25) is 0 Å². The molecule has 1 aromatic carbocycles. The fourth-order valence-electron chi connectivity index (χ4n) is 2.32. The maximum Gasteiger partial charge on any atom is 0.0180 e. The van der Waals surface area contributed by atoms with E-state index in [1.165, 1.54) is 24.1 Å². The molecule has 1 saturated heterocycles. The van der Waals surface area contributed by atoms with Gasteiger partial charge in [-0.15, -0.1) is 0 Å². The minimum Gasteiger partial charge on any atom is -0.375 e. The van der Waals surface area contributed by atoms with Crippen molar-refractivity contribution in [1.82, 2.24) is 4.90 Å². The van der Waals surface area contributed by atoms with Crippen molar-refractivity contribution in [2.45, 2.75) is 25.7 Å². The van der Waals surface area contributed by atoms with E-state index in [1.807, 2.05) is 0 Å². The zero-order valence-corrected chi connectivity index (χ0v) is 9.45. The molecule has 1 nitrogen and oxygen atoms in total. The smallest absolute Gasteiger partial charge is 0.0180 e. The van der Waals surface area contributed by atoms with Crippen molar-refractivity contribution in [3.63, 3.8) is 0 Å². The zero-order valence-electron chi connectivity index (χ0n) is 9.45. The number of likely N-dealkylation sites (tertiary alicyclic amines) is 1. The highest BCUT2D eigenvalue weighted by Crippen LogP contribution is 2.28. The second-order valence-electron chi connectivity index (χ2n) is 4.41. The standard InChI is InChI=1S/C14H19N/c1-12(2)15-10-8-14(9-11-15)13-6-4-3-5-7-13/h3-7,14H,1,8-11H2,2H3. The Labute approximate surface area is 92.4 Å². The van der Waals surface area contributed by atoms with Gasteiger partial charge in [-0.05, 0) is 31.2 Å². The molecule has 0 saturated carbocycles. The normalized spacial score (nSPS) is 17.8. The quantitative estimate of drug-likeness (QED) is 0.709. The van der Waals surface area contributed by atoms with E-state index in [1.54, 1.807) is 0 Å². The van der Waals surface area contributed by atoms with E-state index in [9.17, 15) is 0 Å². The Morgan fingerprint density at radius 2 is 1.80 bits per heavy atom. The summed E-state index contributed by atoms with van der Waals surface area (Å²) in [5, 5.41) is 0. The third-order valence-corrected chi connectivity index (χ3v) is 3.31. The summed E-state index contributed by atoms with van der Waals surface area (Å²) in [6, 6.07) is 10.9. The minimum absolute atomic E-state index is 0.752. The monoisotopic (exact) mass is 201 g/mol. The van der Waals surface area contributed by atoms with E-state index >= 15 is 0 Å². The first-order chi connectivity index (χ1) is 7.27. The van der Waals surface area contributed by atoms with Crippen molar-refractivity contribution in [3.05, 3.63) is 48.2 Å². The van der Waals surface area contributed by atoms with Crippen molar-refractivity contribution in [3.8, 4) is 0 Å². The summed E-state index contributed by atoms with van der Waals surface area (Å²) in [6.45, 7) is 8.43. The topological polar surface area (TPSA) is 3.24 Å². The molecule has 80 valence electrons. The van der Waals surface area contributed by atoms with Gasteiger partial charge in [0.2, 0.25) is 0 Å². The van der Waals surface area contributed by atoms with Crippen molar-refractivity contribution in [2.24, 2.45) is 0 Å². The number of hydrogen-bond acceptors (Lipinski definition) is 1. The van der Waals surface area contributed by atoms with Gasteiger partial charge in [0, 0.05) is 18.8 Å². The molecule has 0 atom stereocenters. The van der Waals surface area contributed by atoms with E-state index in [0.717, 1.165) is 19.0 Å². The van der Waals surface area contributed by atoms with Gasteiger partial charge in [-0.25, -0.2) is 0 Å². The second-order valence-corrected chi connectivity index (χ2v) is 4.41. The number of hydrogen-bond donors (Lipinski definition) is 0. The van der Waals surface area contributed by atoms with Gasteiger partial charge in [0.25, 0.3) is 0 Å². The van der Waals surface area contributed by atoms with Crippen molar-refractivity contribution in [1.29, 1.82) is 0 Å². The van der Waals surface area contributed by atoms with Crippen molar-refractivity contribution >= 4 is 0 Å². The average Bonchev–Trinajstić information content (AvgIpc) is 2.30. The Morgan fingerprint density at radius 1 is 1.20 bits per heavy atom. The Hall–Kier alpha value is -1.24. The first kappa shape index (κ1) is 10.3. The lowest BCUT2D eigenvalue weighted by Crippen LogP contribution is -2.31. The molecule has 0 radical (unpaired) electrons. The highest BCUT2D eigenvalue weighted by molar-refractivity contribution is 5.20. The Morgan fingerprint density at radius 3 is 2.33 bits per heavy atom. The molecule has 0 N–H and O–H groups in total. The molecule has 0 spiro atoms. The van der Waals surface area contributed by atoms with Gasteiger partial charge in [0.15, 0.2) is 0 Å². The van der Waals surface area contributed by atoms with Gasteiger partial charge in [-0.2, -0.15) is 0 Å². The van der Waals surface area contributed by atoms with E-state index in [-0.39, 0.29) is 0 Å². The number of rotatable bonds is 2. The Balaban J connectivity index is 1.97. The molecule has 0 amide bonds. The molecule has 1 aliphatic rings. The number of allylic oxidation sites excluding steroid dienone is 1. The second kappa shape index (κ2) is 4.52. The molecule has 1 aromatic rings. The molecule has 1 aliphatic heterocycles. The maximum absolute atomic E-state index is 4.00. The highest BCUT2D eigenvalue weighted by atomic mass is 15.1. The molecule has 0 bridgehead atoms. The molecule has 0 unspecified atom stereocenters. The Kier molecular flexibility index (Phi) is 3.10. The van der Waals surface area contributed by atoms with Crippen LogP contribution in [-0.4, -0.2) is 18.0 Å². The number of piperidine rings is 1. The van der Waals surface area contributed by atoms with Crippen LogP contribution < -0.4 is 0 Å². The van der Waals surface area contributed by atoms with Crippen molar-refractivity contribution in [2.75, 3.05) is 13.1 Å². The van der Waals surface area contributed by atoms with Gasteiger partial charge >= 0.3 is 0 Å². The summed E-state index contributed by atoms with van der Waals surface area (Å²) >= 11 is 0. The molecule has 0 aromatic heterocycles. The molecular weight excluding hydrogens is 182 g/mol. The minimum atomic E-state index is 0.752. The first-order valence-corrected chi connectivity index (χ1v) is 5.73. The van der Waals surface area contributed by atoms with Gasteiger partial charge in [0.05, 0.1) is 0 Å². The largest absolute Gasteiger partial charge is 0.375 e. The van der Waals surface area contributed by atoms with Crippen LogP contribution in [0.4, 0.5) is 0 Å². The van der Waals surface area contributed by atoms with Crippen LogP contribution in [0.3, 0.4) is 0 Å². The molecule has 1 fully saturated rings. The number of nitrogens with zero attached hydrogens (tertiary/aromatic N) is 1. The fourth-order valence-corrected chi connectivity index (χ4v) is 2.32. The summed E-state index contributed by atoms with van der Waals surface area (Å²) in [6.07, 6.45) is 2.52. The summed E-state index contributed by atoms with van der Waals surface area (Å²) < 4.78 is 0. The van der Waals surface area contributed by atoms with Crippen molar-refractivity contribution < 1.29 is 0 Å². The number of benzene rings is 1. The van der Waals surface area contributed by atoms with E-state index in [2.05, 4.69) is 48.7 Å². The van der Waals surface area contributed by atoms with Crippen LogP contribution in [0, 0.1) is 0 Å². The van der Waals surface area contributed by atoms with Gasteiger partial charge in [0.1, 0.15) is 0 Å². The summed E-state index contributed by atoms with van der Waals surface area (Å²) in [5.74, 6) is 0.752. The lowest BCUT2D eigenvalue weighted by molar-refractivity contribution is 0.264. The molecule has 1 heteroatoms. The van der Waals surface area contributed by atoms with E-state index in [0.29, 0.717) is 0 Å². The summed E-state index contributed by atoms with van der Waals surface area (Å²) in [5.41, 5.74) is 2.71. The lowest BCUT2D eigenvalue weighted by atomic mass is 9.89. The molecule has 0 aliphatic carbocycles. The first-order valence-electron chi connectivity index (χ1n) is 5.73. The van der Waals surface area contributed by atoms with E-state index < -0.39 is 0 Å². The van der Waals surface area contributed by atoms with Crippen LogP contribution in [0.15, 0.2) is 42.6 Å². The molecule has 2 rings (SSSR count). The molecule has 15 heavy (non-hydrogen) atoms. The highest BCUT2D eigenvalue weighted by Gasteiger charge is 2.19. The zero-order chi connectivity index (χ0) is 10.7. The predicted molar refractivity (Wildman–Crippen MR) is 64.8 cm³/mol. The predicted octanol–water partition coefficient (Wildman–Crippen LogP) is 3.40. The fraction of sp³-hybridized carbons (Fsp3) is 0.429. The maximum atomic E-state index is 4.00. The van der Waals surface area contributed by atoms with Gasteiger partial charge in [-0.1, -0.05) is 36.9 Å². The van der Waals surface area contributed by atoms with Crippen LogP contribution in [0.1, 0.15) is 31.2 Å². The van der Waals surface area contributed by atoms with Gasteiger partial charge in [-0.3, -0.25) is 0 Å². The van der Waals surface area contributed by atoms with Crippen LogP contribution in [0.25, 0.3) is 0 Å². The third kappa shape index (κ3) is 2.41. The van der Waals surface area contributed by atoms with Gasteiger partial charge < -0.3 is 4.90 Å².